The first-order chi connectivity index (χ1) is 16.5. The van der Waals surface area contributed by atoms with Crippen molar-refractivity contribution in [1.29, 1.82) is 0 Å². The van der Waals surface area contributed by atoms with E-state index in [0.717, 1.165) is 23.1 Å². The van der Waals surface area contributed by atoms with Crippen LogP contribution in [0.4, 0.5) is 5.82 Å². The van der Waals surface area contributed by atoms with Crippen molar-refractivity contribution in [2.75, 3.05) is 19.0 Å². The molecule has 7 nitrogen and oxygen atoms in total. The number of benzene rings is 2. The van der Waals surface area contributed by atoms with Crippen LogP contribution in [0, 0.1) is 6.92 Å². The van der Waals surface area contributed by atoms with Crippen LogP contribution in [-0.2, 0) is 18.3 Å². The lowest BCUT2D eigenvalue weighted by molar-refractivity contribution is -0.118. The molecule has 0 aliphatic carbocycles. The van der Waals surface area contributed by atoms with Crippen LogP contribution in [0.3, 0.4) is 0 Å². The van der Waals surface area contributed by atoms with Crippen LogP contribution in [0.25, 0.3) is 11.1 Å². The maximum Gasteiger partial charge on any atom is 0.247 e. The van der Waals surface area contributed by atoms with E-state index in [1.54, 1.807) is 30.3 Å². The molecule has 4 rings (SSSR count). The second kappa shape index (κ2) is 10.8. The fourth-order valence-corrected chi connectivity index (χ4v) is 3.77. The van der Waals surface area contributed by atoms with Gasteiger partial charge in [0.05, 0.1) is 13.3 Å². The van der Waals surface area contributed by atoms with Gasteiger partial charge in [0.2, 0.25) is 5.91 Å². The van der Waals surface area contributed by atoms with Gasteiger partial charge in [-0.05, 0) is 37.1 Å². The number of nitrogens with one attached hydrogen (secondary N) is 2. The zero-order valence-corrected chi connectivity index (χ0v) is 19.7. The Morgan fingerprint density at radius 3 is 2.50 bits per heavy atom. The van der Waals surface area contributed by atoms with E-state index in [2.05, 4.69) is 51.9 Å². The minimum atomic E-state index is -0.596. The number of nitrogens with zero attached hydrogens (tertiary/aromatic N) is 3. The van der Waals surface area contributed by atoms with Crippen molar-refractivity contribution in [3.8, 4) is 16.9 Å². The molecule has 1 atom stereocenters. The number of hydrogen-bond acceptors (Lipinski definition) is 5. The number of aryl methyl sites for hydroxylation is 2. The lowest BCUT2D eigenvalue weighted by atomic mass is 10.0. The molecule has 0 spiro atoms. The van der Waals surface area contributed by atoms with E-state index in [9.17, 15) is 4.79 Å². The highest BCUT2D eigenvalue weighted by Gasteiger charge is 2.23. The Morgan fingerprint density at radius 2 is 1.82 bits per heavy atom. The molecule has 2 aromatic heterocycles. The minimum Gasteiger partial charge on any atom is -0.496 e. The number of ether oxygens (including phenoxy) is 1. The van der Waals surface area contributed by atoms with Crippen LogP contribution in [0.15, 0.2) is 79.3 Å². The Bertz CT molecular complexity index is 1230. The van der Waals surface area contributed by atoms with Gasteiger partial charge in [0.1, 0.15) is 17.6 Å². The van der Waals surface area contributed by atoms with Crippen LogP contribution in [0.1, 0.15) is 22.7 Å². The summed E-state index contributed by atoms with van der Waals surface area (Å²) >= 11 is 0. The normalized spacial score (nSPS) is 11.7. The minimum absolute atomic E-state index is 0.199. The molecule has 34 heavy (non-hydrogen) atoms. The number of methoxy groups -OCH3 is 1. The van der Waals surface area contributed by atoms with Crippen molar-refractivity contribution in [2.45, 2.75) is 19.4 Å². The molecule has 0 bridgehead atoms. The van der Waals surface area contributed by atoms with Gasteiger partial charge >= 0.3 is 0 Å². The van der Waals surface area contributed by atoms with Gasteiger partial charge in [-0.25, -0.2) is 4.98 Å². The summed E-state index contributed by atoms with van der Waals surface area (Å²) in [5.41, 5.74) is 5.12. The molecule has 0 aliphatic heterocycles. The fourth-order valence-electron chi connectivity index (χ4n) is 3.77. The topological polar surface area (TPSA) is 81.1 Å². The van der Waals surface area contributed by atoms with E-state index < -0.39 is 6.04 Å². The number of carbonyl (C=O) groups is 1. The van der Waals surface area contributed by atoms with Gasteiger partial charge in [-0.1, -0.05) is 48.0 Å². The number of carbonyl (C=O) groups excluding carboxylic acids is 1. The summed E-state index contributed by atoms with van der Waals surface area (Å²) in [6, 6.07) is 19.1. The number of anilines is 1. The Hall–Kier alpha value is -3.97. The number of para-hydroxylation sites is 1. The monoisotopic (exact) mass is 455 g/mol. The third-order valence-corrected chi connectivity index (χ3v) is 5.65. The fraction of sp³-hybridized carbons (Fsp3) is 0.222. The number of pyridine rings is 1. The molecule has 2 N–H and O–H groups in total. The molecule has 2 heterocycles. The Labute approximate surface area is 199 Å². The molecule has 0 saturated heterocycles. The SMILES string of the molecule is COc1ccccc1[C@@H](NCCc1ccc(C)cc1)C(=O)Nc1ccc(-c2cnn(C)c2)cn1. The molecule has 7 heteroatoms. The first kappa shape index (κ1) is 23.2. The number of aromatic nitrogens is 3. The van der Waals surface area contributed by atoms with Gasteiger partial charge in [0.25, 0.3) is 0 Å². The van der Waals surface area contributed by atoms with Crippen LogP contribution in [0.2, 0.25) is 0 Å². The molecule has 2 aromatic carbocycles. The van der Waals surface area contributed by atoms with E-state index >= 15 is 0 Å². The van der Waals surface area contributed by atoms with Crippen LogP contribution >= 0.6 is 0 Å². The Balaban J connectivity index is 1.49. The summed E-state index contributed by atoms with van der Waals surface area (Å²) in [6.07, 6.45) is 6.24. The zero-order chi connectivity index (χ0) is 23.9. The first-order valence-electron chi connectivity index (χ1n) is 11.2. The molecular weight excluding hydrogens is 426 g/mol. The molecule has 0 saturated carbocycles. The van der Waals surface area contributed by atoms with Crippen molar-refractivity contribution in [3.05, 3.63) is 95.9 Å². The molecule has 174 valence electrons. The summed E-state index contributed by atoms with van der Waals surface area (Å²) in [7, 11) is 3.48. The summed E-state index contributed by atoms with van der Waals surface area (Å²) in [5, 5.41) is 10.5. The molecule has 0 fully saturated rings. The summed E-state index contributed by atoms with van der Waals surface area (Å²) in [4.78, 5) is 17.8. The number of amides is 1. The molecule has 0 radical (unpaired) electrons. The maximum absolute atomic E-state index is 13.3. The first-order valence-corrected chi connectivity index (χ1v) is 11.2. The standard InChI is InChI=1S/C27H29N5O2/c1-19-8-10-20(11-9-19)14-15-28-26(23-6-4-5-7-24(23)34-3)27(33)31-25-13-12-21(16-29-25)22-17-30-32(2)18-22/h4-13,16-18,26,28H,14-15H2,1-3H3,(H,29,31,33)/t26-/m1/s1. The lowest BCUT2D eigenvalue weighted by Crippen LogP contribution is -2.34. The van der Waals surface area contributed by atoms with Crippen molar-refractivity contribution in [3.63, 3.8) is 0 Å². The van der Waals surface area contributed by atoms with Gasteiger partial charge in [-0.15, -0.1) is 0 Å². The number of rotatable bonds is 9. The zero-order valence-electron chi connectivity index (χ0n) is 19.7. The van der Waals surface area contributed by atoms with Crippen LogP contribution in [-0.4, -0.2) is 34.3 Å². The molecular formula is C27H29N5O2. The van der Waals surface area contributed by atoms with Crippen molar-refractivity contribution >= 4 is 11.7 Å². The van der Waals surface area contributed by atoms with Gasteiger partial charge in [-0.3, -0.25) is 9.48 Å². The average Bonchev–Trinajstić information content (AvgIpc) is 3.29. The highest BCUT2D eigenvalue weighted by molar-refractivity contribution is 5.95. The van der Waals surface area contributed by atoms with Crippen LogP contribution < -0.4 is 15.4 Å². The highest BCUT2D eigenvalue weighted by Crippen LogP contribution is 2.26. The number of hydrogen-bond donors (Lipinski definition) is 2. The second-order valence-corrected chi connectivity index (χ2v) is 8.19. The molecule has 4 aromatic rings. The Kier molecular flexibility index (Phi) is 7.34. The quantitative estimate of drug-likeness (QED) is 0.393. The van der Waals surface area contributed by atoms with E-state index in [0.29, 0.717) is 18.1 Å². The molecule has 0 unspecified atom stereocenters. The van der Waals surface area contributed by atoms with Gasteiger partial charge in [0, 0.05) is 42.7 Å². The Morgan fingerprint density at radius 1 is 1.03 bits per heavy atom. The third-order valence-electron chi connectivity index (χ3n) is 5.65. The van der Waals surface area contributed by atoms with Gasteiger partial charge < -0.3 is 15.4 Å². The van der Waals surface area contributed by atoms with Gasteiger partial charge in [-0.2, -0.15) is 5.10 Å². The van der Waals surface area contributed by atoms with Gasteiger partial charge in [0.15, 0.2) is 0 Å². The maximum atomic E-state index is 13.3. The van der Waals surface area contributed by atoms with E-state index in [1.165, 1.54) is 11.1 Å². The second-order valence-electron chi connectivity index (χ2n) is 8.19. The van der Waals surface area contributed by atoms with Crippen molar-refractivity contribution < 1.29 is 9.53 Å². The van der Waals surface area contributed by atoms with E-state index in [-0.39, 0.29) is 5.91 Å². The van der Waals surface area contributed by atoms with E-state index in [4.69, 9.17) is 4.74 Å². The highest BCUT2D eigenvalue weighted by atomic mass is 16.5. The van der Waals surface area contributed by atoms with Crippen LogP contribution in [0.5, 0.6) is 5.75 Å². The molecule has 0 aliphatic rings. The van der Waals surface area contributed by atoms with E-state index in [1.807, 2.05) is 43.6 Å². The largest absolute Gasteiger partial charge is 0.496 e. The smallest absolute Gasteiger partial charge is 0.247 e. The molecule has 1 amide bonds. The predicted molar refractivity (Wildman–Crippen MR) is 134 cm³/mol. The summed E-state index contributed by atoms with van der Waals surface area (Å²) < 4.78 is 7.27. The average molecular weight is 456 g/mol. The predicted octanol–water partition coefficient (Wildman–Crippen LogP) is 4.31. The summed E-state index contributed by atoms with van der Waals surface area (Å²) in [6.45, 7) is 2.70. The lowest BCUT2D eigenvalue weighted by Gasteiger charge is -2.21. The third kappa shape index (κ3) is 5.68. The summed E-state index contributed by atoms with van der Waals surface area (Å²) in [5.74, 6) is 0.943. The van der Waals surface area contributed by atoms with Crippen molar-refractivity contribution in [1.82, 2.24) is 20.1 Å². The van der Waals surface area contributed by atoms with Crippen molar-refractivity contribution in [2.24, 2.45) is 7.05 Å².